The van der Waals surface area contributed by atoms with Gasteiger partial charge in [0.1, 0.15) is 0 Å². The number of hydrogen-bond acceptors (Lipinski definition) is 5. The summed E-state index contributed by atoms with van der Waals surface area (Å²) in [5, 5.41) is 2.94. The molecular weight excluding hydrogens is 464 g/mol. The fourth-order valence-electron chi connectivity index (χ4n) is 2.91. The van der Waals surface area contributed by atoms with Crippen LogP contribution in [0, 0.1) is 0 Å². The number of sulfonamides is 1. The van der Waals surface area contributed by atoms with Gasteiger partial charge in [-0.25, -0.2) is 8.42 Å². The van der Waals surface area contributed by atoms with E-state index >= 15 is 0 Å². The minimum Gasteiger partial charge on any atom is -0.493 e. The van der Waals surface area contributed by atoms with E-state index in [4.69, 9.17) is 21.1 Å². The topological polar surface area (TPSA) is 93.7 Å². The third kappa shape index (κ3) is 6.50. The number of ether oxygens (including phenoxy) is 2. The van der Waals surface area contributed by atoms with Crippen molar-refractivity contribution in [3.8, 4) is 11.5 Å². The molecule has 0 heterocycles. The predicted octanol–water partition coefficient (Wildman–Crippen LogP) is 5.20. The monoisotopic (exact) mass is 486 g/mol. The number of benzene rings is 3. The van der Waals surface area contributed by atoms with Crippen molar-refractivity contribution in [2.45, 2.75) is 11.8 Å². The van der Waals surface area contributed by atoms with E-state index in [1.165, 1.54) is 24.3 Å². The Kier molecular flexibility index (Phi) is 7.97. The number of nitrogens with one attached hydrogen (secondary N) is 2. The van der Waals surface area contributed by atoms with Crippen molar-refractivity contribution in [1.29, 1.82) is 0 Å². The number of amides is 1. The molecule has 0 spiro atoms. The molecule has 3 aromatic carbocycles. The highest BCUT2D eigenvalue weighted by Gasteiger charge is 2.16. The van der Waals surface area contributed by atoms with E-state index in [9.17, 15) is 13.2 Å². The molecule has 0 aromatic heterocycles. The Morgan fingerprint density at radius 1 is 1.03 bits per heavy atom. The lowest BCUT2D eigenvalue weighted by Crippen LogP contribution is -2.14. The molecule has 2 N–H and O–H groups in total. The van der Waals surface area contributed by atoms with Crippen molar-refractivity contribution in [3.63, 3.8) is 0 Å². The van der Waals surface area contributed by atoms with Gasteiger partial charge in [-0.3, -0.25) is 9.52 Å². The molecule has 0 unspecified atom stereocenters. The smallest absolute Gasteiger partial charge is 0.262 e. The van der Waals surface area contributed by atoms with Crippen LogP contribution in [-0.4, -0.2) is 28.0 Å². The molecule has 0 fully saturated rings. The third-order valence-corrected chi connectivity index (χ3v) is 6.14. The molecular formula is C24H23ClN2O5S. The zero-order valence-corrected chi connectivity index (χ0v) is 19.6. The zero-order chi connectivity index (χ0) is 23.8. The molecule has 3 aromatic rings. The minimum atomic E-state index is -3.90. The second-order valence-corrected chi connectivity index (χ2v) is 8.87. The highest BCUT2D eigenvalue weighted by Crippen LogP contribution is 2.28. The summed E-state index contributed by atoms with van der Waals surface area (Å²) in [5.74, 6) is 0.754. The summed E-state index contributed by atoms with van der Waals surface area (Å²) >= 11 is 6.04. The van der Waals surface area contributed by atoms with Crippen LogP contribution in [0.2, 0.25) is 5.02 Å². The Bertz CT molecular complexity index is 1280. The molecule has 3 rings (SSSR count). The lowest BCUT2D eigenvalue weighted by Gasteiger charge is -2.11. The van der Waals surface area contributed by atoms with Crippen LogP contribution in [-0.2, 0) is 14.8 Å². The molecule has 0 radical (unpaired) electrons. The van der Waals surface area contributed by atoms with E-state index in [2.05, 4.69) is 10.0 Å². The number of rotatable bonds is 9. The van der Waals surface area contributed by atoms with Gasteiger partial charge in [0.05, 0.1) is 29.3 Å². The predicted molar refractivity (Wildman–Crippen MR) is 131 cm³/mol. The summed E-state index contributed by atoms with van der Waals surface area (Å²) in [6.07, 6.45) is 2.96. The lowest BCUT2D eigenvalue weighted by molar-refractivity contribution is -0.111. The molecule has 33 heavy (non-hydrogen) atoms. The summed E-state index contributed by atoms with van der Waals surface area (Å²) in [6.45, 7) is 2.39. The zero-order valence-electron chi connectivity index (χ0n) is 18.0. The first-order chi connectivity index (χ1) is 15.8. The maximum atomic E-state index is 12.7. The Morgan fingerprint density at radius 3 is 2.55 bits per heavy atom. The maximum Gasteiger partial charge on any atom is 0.262 e. The van der Waals surface area contributed by atoms with E-state index in [1.54, 1.807) is 61.7 Å². The van der Waals surface area contributed by atoms with Crippen molar-refractivity contribution >= 4 is 45.0 Å². The van der Waals surface area contributed by atoms with Gasteiger partial charge in [-0.2, -0.15) is 0 Å². The van der Waals surface area contributed by atoms with Crippen molar-refractivity contribution in [1.82, 2.24) is 0 Å². The maximum absolute atomic E-state index is 12.7. The van der Waals surface area contributed by atoms with E-state index in [0.29, 0.717) is 23.8 Å². The molecule has 1 amide bonds. The van der Waals surface area contributed by atoms with Crippen LogP contribution >= 0.6 is 11.6 Å². The Labute approximate surface area is 198 Å². The number of carbonyl (C=O) groups is 1. The first kappa shape index (κ1) is 24.2. The number of anilines is 2. The van der Waals surface area contributed by atoms with Crippen LogP contribution in [0.4, 0.5) is 11.4 Å². The molecule has 0 saturated carbocycles. The summed E-state index contributed by atoms with van der Waals surface area (Å²) in [4.78, 5) is 12.4. The van der Waals surface area contributed by atoms with Crippen LogP contribution < -0.4 is 19.5 Å². The standard InChI is InChI=1S/C24H23ClN2O5S/c1-3-32-22-13-11-17(15-23(22)31-2)12-14-24(28)26-18-7-6-8-19(16-18)33(29,30)27-21-10-5-4-9-20(21)25/h4-16,27H,3H2,1-2H3,(H,26,28)/b14-12+. The van der Waals surface area contributed by atoms with E-state index in [0.717, 1.165) is 5.56 Å². The second kappa shape index (κ2) is 10.9. The summed E-state index contributed by atoms with van der Waals surface area (Å²) in [7, 11) is -2.35. The number of hydrogen-bond donors (Lipinski definition) is 2. The van der Waals surface area contributed by atoms with Gasteiger partial charge in [0.2, 0.25) is 5.91 Å². The van der Waals surface area contributed by atoms with Gasteiger partial charge in [-0.1, -0.05) is 35.9 Å². The quantitative estimate of drug-likeness (QED) is 0.405. The van der Waals surface area contributed by atoms with Crippen LogP contribution in [0.15, 0.2) is 77.7 Å². The summed E-state index contributed by atoms with van der Waals surface area (Å²) in [6, 6.07) is 17.8. The SMILES string of the molecule is CCOc1ccc(/C=C/C(=O)Nc2cccc(S(=O)(=O)Nc3ccccc3Cl)c2)cc1OC. The number of carbonyl (C=O) groups excluding carboxylic acids is 1. The molecule has 0 bridgehead atoms. The number of methoxy groups -OCH3 is 1. The van der Waals surface area contributed by atoms with Crippen LogP contribution in [0.1, 0.15) is 12.5 Å². The van der Waals surface area contributed by atoms with Crippen molar-refractivity contribution in [3.05, 3.63) is 83.4 Å². The molecule has 0 saturated heterocycles. The van der Waals surface area contributed by atoms with Crippen LogP contribution in [0.25, 0.3) is 6.08 Å². The van der Waals surface area contributed by atoms with Crippen LogP contribution in [0.3, 0.4) is 0 Å². The first-order valence-corrected chi connectivity index (χ1v) is 11.9. The number of halogens is 1. The van der Waals surface area contributed by atoms with Crippen molar-refractivity contribution < 1.29 is 22.7 Å². The fraction of sp³-hybridized carbons (Fsp3) is 0.125. The first-order valence-electron chi connectivity index (χ1n) is 9.99. The molecule has 172 valence electrons. The average molecular weight is 487 g/mol. The molecule has 0 atom stereocenters. The highest BCUT2D eigenvalue weighted by molar-refractivity contribution is 7.92. The van der Waals surface area contributed by atoms with Gasteiger partial charge < -0.3 is 14.8 Å². The molecule has 0 aliphatic rings. The van der Waals surface area contributed by atoms with E-state index in [-0.39, 0.29) is 15.6 Å². The second-order valence-electron chi connectivity index (χ2n) is 6.78. The van der Waals surface area contributed by atoms with E-state index < -0.39 is 15.9 Å². The van der Waals surface area contributed by atoms with Gasteiger partial charge in [0.15, 0.2) is 11.5 Å². The summed E-state index contributed by atoms with van der Waals surface area (Å²) < 4.78 is 38.7. The average Bonchev–Trinajstić information content (AvgIpc) is 2.80. The van der Waals surface area contributed by atoms with Crippen LogP contribution in [0.5, 0.6) is 11.5 Å². The van der Waals surface area contributed by atoms with E-state index in [1.807, 2.05) is 6.92 Å². The molecule has 9 heteroatoms. The minimum absolute atomic E-state index is 0.0135. The highest BCUT2D eigenvalue weighted by atomic mass is 35.5. The Hall–Kier alpha value is -3.49. The van der Waals surface area contributed by atoms with Crippen molar-refractivity contribution in [2.24, 2.45) is 0 Å². The fourth-order valence-corrected chi connectivity index (χ4v) is 4.27. The van der Waals surface area contributed by atoms with Crippen molar-refractivity contribution in [2.75, 3.05) is 23.8 Å². The molecule has 0 aliphatic carbocycles. The lowest BCUT2D eigenvalue weighted by atomic mass is 10.2. The largest absolute Gasteiger partial charge is 0.493 e. The summed E-state index contributed by atoms with van der Waals surface area (Å²) in [5.41, 5.74) is 1.34. The molecule has 0 aliphatic heterocycles. The van der Waals surface area contributed by atoms with Gasteiger partial charge in [0.25, 0.3) is 10.0 Å². The van der Waals surface area contributed by atoms with Gasteiger partial charge >= 0.3 is 0 Å². The third-order valence-electron chi connectivity index (χ3n) is 4.44. The Morgan fingerprint density at radius 2 is 1.82 bits per heavy atom. The van der Waals surface area contributed by atoms with Gasteiger partial charge in [-0.05, 0) is 61.0 Å². The Balaban J connectivity index is 1.71. The van der Waals surface area contributed by atoms with Gasteiger partial charge in [-0.15, -0.1) is 0 Å². The number of para-hydroxylation sites is 1. The molecule has 7 nitrogen and oxygen atoms in total. The normalized spacial score (nSPS) is 11.2. The van der Waals surface area contributed by atoms with Gasteiger partial charge in [0, 0.05) is 11.8 Å².